The molecule has 9 nitrogen and oxygen atoms in total. The molecule has 9 heteroatoms. The normalized spacial score (nSPS) is 20.1. The molecule has 0 saturated carbocycles. The molecule has 5 heterocycles. The van der Waals surface area contributed by atoms with E-state index in [1.165, 1.54) is 29.5 Å². The lowest BCUT2D eigenvalue weighted by Crippen LogP contribution is -2.27. The molecule has 4 aliphatic heterocycles. The van der Waals surface area contributed by atoms with Crippen molar-refractivity contribution in [3.8, 4) is 0 Å². The Morgan fingerprint density at radius 3 is 2.15 bits per heavy atom. The number of hydrogen-bond donors (Lipinski definition) is 5. The average molecular weight is 636 g/mol. The van der Waals surface area contributed by atoms with Crippen molar-refractivity contribution in [2.24, 2.45) is 0 Å². The number of aromatic nitrogens is 1. The SMILES string of the molecule is CCOC(=O)c1[nH]c(C=C2C(=O)Nc3cccc(C4CCNCC4)c32)c2c1CCCC2.O=C1Cc2c(cccc2C2CCNCC2)N1. The van der Waals surface area contributed by atoms with Crippen LogP contribution in [0, 0.1) is 0 Å². The summed E-state index contributed by atoms with van der Waals surface area (Å²) in [6.45, 7) is 6.35. The van der Waals surface area contributed by atoms with E-state index in [2.05, 4.69) is 44.5 Å². The number of nitrogens with one attached hydrogen (secondary N) is 5. The molecule has 2 fully saturated rings. The summed E-state index contributed by atoms with van der Waals surface area (Å²) in [6.07, 6.45) is 11.0. The quantitative estimate of drug-likeness (QED) is 0.182. The summed E-state index contributed by atoms with van der Waals surface area (Å²) in [5.41, 5.74) is 11.1. The number of aromatic amines is 1. The van der Waals surface area contributed by atoms with Gasteiger partial charge >= 0.3 is 5.97 Å². The summed E-state index contributed by atoms with van der Waals surface area (Å²) in [5.74, 6) is 0.824. The van der Waals surface area contributed by atoms with E-state index < -0.39 is 0 Å². The first-order valence-electron chi connectivity index (χ1n) is 17.4. The summed E-state index contributed by atoms with van der Waals surface area (Å²) in [7, 11) is 0. The Hall–Kier alpha value is -4.21. The van der Waals surface area contributed by atoms with Gasteiger partial charge in [-0.3, -0.25) is 9.59 Å². The topological polar surface area (TPSA) is 124 Å². The molecule has 0 unspecified atom stereocenters. The van der Waals surface area contributed by atoms with Gasteiger partial charge in [-0.2, -0.15) is 0 Å². The number of anilines is 2. The number of carbonyl (C=O) groups is 3. The number of ether oxygens (including phenoxy) is 1. The molecular weight excluding hydrogens is 590 g/mol. The molecular formula is C38H45N5O4. The van der Waals surface area contributed by atoms with E-state index in [4.69, 9.17) is 4.74 Å². The van der Waals surface area contributed by atoms with Gasteiger partial charge in [0.05, 0.1) is 18.6 Å². The van der Waals surface area contributed by atoms with E-state index in [9.17, 15) is 14.4 Å². The number of fused-ring (bicyclic) bond motifs is 3. The molecule has 5 aliphatic rings. The zero-order valence-corrected chi connectivity index (χ0v) is 27.2. The second-order valence-corrected chi connectivity index (χ2v) is 13.2. The number of amides is 2. The highest BCUT2D eigenvalue weighted by Crippen LogP contribution is 2.42. The minimum absolute atomic E-state index is 0.0757. The molecule has 0 bridgehead atoms. The molecule has 47 heavy (non-hydrogen) atoms. The van der Waals surface area contributed by atoms with Crippen LogP contribution in [0.25, 0.3) is 11.6 Å². The van der Waals surface area contributed by atoms with Crippen LogP contribution in [0.5, 0.6) is 0 Å². The van der Waals surface area contributed by atoms with Crippen LogP contribution in [0.2, 0.25) is 0 Å². The Balaban J connectivity index is 0.000000183. The van der Waals surface area contributed by atoms with Crippen LogP contribution in [-0.4, -0.2) is 55.6 Å². The van der Waals surface area contributed by atoms with Crippen molar-refractivity contribution in [2.45, 2.75) is 76.5 Å². The highest BCUT2D eigenvalue weighted by atomic mass is 16.5. The number of carbonyl (C=O) groups excluding carboxylic acids is 3. The lowest BCUT2D eigenvalue weighted by Gasteiger charge is -2.25. The molecule has 2 saturated heterocycles. The lowest BCUT2D eigenvalue weighted by atomic mass is 9.84. The van der Waals surface area contributed by atoms with E-state index in [1.54, 1.807) is 0 Å². The number of esters is 1. The first kappa shape index (κ1) is 31.4. The van der Waals surface area contributed by atoms with Gasteiger partial charge in [0.15, 0.2) is 0 Å². The van der Waals surface area contributed by atoms with Crippen LogP contribution in [-0.2, 0) is 33.6 Å². The number of benzene rings is 2. The van der Waals surface area contributed by atoms with Gasteiger partial charge in [-0.1, -0.05) is 24.3 Å². The van der Waals surface area contributed by atoms with Crippen LogP contribution in [0.1, 0.15) is 107 Å². The molecule has 8 rings (SSSR count). The smallest absolute Gasteiger partial charge is 0.355 e. The van der Waals surface area contributed by atoms with Gasteiger partial charge in [-0.25, -0.2) is 4.79 Å². The van der Waals surface area contributed by atoms with Gasteiger partial charge in [0.25, 0.3) is 5.91 Å². The number of H-pyrrole nitrogens is 1. The summed E-state index contributed by atoms with van der Waals surface area (Å²) < 4.78 is 5.28. The highest BCUT2D eigenvalue weighted by molar-refractivity contribution is 6.35. The third kappa shape index (κ3) is 6.39. The van der Waals surface area contributed by atoms with Crippen LogP contribution < -0.4 is 21.3 Å². The molecule has 1 aliphatic carbocycles. The minimum atomic E-state index is -0.308. The van der Waals surface area contributed by atoms with Gasteiger partial charge in [0.2, 0.25) is 5.91 Å². The highest BCUT2D eigenvalue weighted by Gasteiger charge is 2.32. The molecule has 246 valence electrons. The first-order chi connectivity index (χ1) is 23.0. The maximum atomic E-state index is 13.0. The van der Waals surface area contributed by atoms with E-state index in [0.29, 0.717) is 36.1 Å². The van der Waals surface area contributed by atoms with Gasteiger partial charge in [0, 0.05) is 22.6 Å². The fraction of sp³-hybridized carbons (Fsp3) is 0.447. The molecule has 2 aromatic carbocycles. The number of hydrogen-bond acceptors (Lipinski definition) is 6. The monoisotopic (exact) mass is 635 g/mol. The summed E-state index contributed by atoms with van der Waals surface area (Å²) in [6, 6.07) is 12.4. The van der Waals surface area contributed by atoms with Crippen molar-refractivity contribution in [3.05, 3.63) is 81.2 Å². The molecule has 2 amide bonds. The van der Waals surface area contributed by atoms with Crippen molar-refractivity contribution in [1.82, 2.24) is 15.6 Å². The van der Waals surface area contributed by atoms with Crippen LogP contribution in [0.3, 0.4) is 0 Å². The fourth-order valence-electron chi connectivity index (χ4n) is 8.09. The Bertz CT molecular complexity index is 1710. The third-order valence-corrected chi connectivity index (χ3v) is 10.4. The predicted octanol–water partition coefficient (Wildman–Crippen LogP) is 5.68. The zero-order valence-electron chi connectivity index (χ0n) is 27.2. The fourth-order valence-corrected chi connectivity index (χ4v) is 8.09. The predicted molar refractivity (Wildman–Crippen MR) is 185 cm³/mol. The molecule has 0 atom stereocenters. The zero-order chi connectivity index (χ0) is 32.3. The van der Waals surface area contributed by atoms with Gasteiger partial charge in [-0.15, -0.1) is 0 Å². The largest absolute Gasteiger partial charge is 0.461 e. The summed E-state index contributed by atoms with van der Waals surface area (Å²) >= 11 is 0. The van der Waals surface area contributed by atoms with E-state index in [1.807, 2.05) is 31.2 Å². The Morgan fingerprint density at radius 2 is 1.45 bits per heavy atom. The molecule has 5 N–H and O–H groups in total. The molecule has 3 aromatic rings. The second kappa shape index (κ2) is 13.9. The first-order valence-corrected chi connectivity index (χ1v) is 17.4. The summed E-state index contributed by atoms with van der Waals surface area (Å²) in [5, 5.41) is 12.8. The minimum Gasteiger partial charge on any atom is -0.461 e. The van der Waals surface area contributed by atoms with Gasteiger partial charge in [-0.05, 0) is 142 Å². The van der Waals surface area contributed by atoms with E-state index in [0.717, 1.165) is 98.5 Å². The number of piperidine rings is 2. The van der Waals surface area contributed by atoms with Crippen molar-refractivity contribution >= 4 is 40.8 Å². The van der Waals surface area contributed by atoms with Gasteiger partial charge < -0.3 is 31.0 Å². The van der Waals surface area contributed by atoms with Crippen molar-refractivity contribution in [2.75, 3.05) is 43.4 Å². The Labute approximate surface area is 276 Å². The van der Waals surface area contributed by atoms with E-state index >= 15 is 0 Å². The average Bonchev–Trinajstić information content (AvgIpc) is 3.78. The standard InChI is InChI=1S/C25H29N3O3.C13H16N2O/c1-2-31-25(30)23-18-7-4-3-6-17(18)21(27-23)14-19-22-16(15-10-12-26-13-11-15)8-5-9-20(22)28-24(19)29;16-13-8-11-10(2-1-3-12(11)15-13)9-4-6-14-7-5-9/h5,8-9,14-15,26-27H,2-4,6-7,10-13H2,1H3,(H,28,29);1-3,9,14H,4-8H2,(H,15,16). The molecule has 0 radical (unpaired) electrons. The number of rotatable bonds is 5. The summed E-state index contributed by atoms with van der Waals surface area (Å²) in [4.78, 5) is 40.2. The van der Waals surface area contributed by atoms with Gasteiger partial charge in [0.1, 0.15) is 5.69 Å². The molecule has 0 spiro atoms. The van der Waals surface area contributed by atoms with Crippen LogP contribution in [0.4, 0.5) is 11.4 Å². The Kier molecular flexibility index (Phi) is 9.27. The van der Waals surface area contributed by atoms with Crippen LogP contribution >= 0.6 is 0 Å². The maximum Gasteiger partial charge on any atom is 0.355 e. The third-order valence-electron chi connectivity index (χ3n) is 10.4. The van der Waals surface area contributed by atoms with Crippen LogP contribution in [0.15, 0.2) is 36.4 Å². The van der Waals surface area contributed by atoms with Crippen molar-refractivity contribution in [3.63, 3.8) is 0 Å². The van der Waals surface area contributed by atoms with Crippen molar-refractivity contribution in [1.29, 1.82) is 0 Å². The van der Waals surface area contributed by atoms with Crippen molar-refractivity contribution < 1.29 is 19.1 Å². The Morgan fingerprint density at radius 1 is 0.809 bits per heavy atom. The second-order valence-electron chi connectivity index (χ2n) is 13.2. The lowest BCUT2D eigenvalue weighted by molar-refractivity contribution is -0.115. The maximum absolute atomic E-state index is 13.0. The molecule has 1 aromatic heterocycles. The van der Waals surface area contributed by atoms with E-state index in [-0.39, 0.29) is 17.8 Å².